The third-order valence-electron chi connectivity index (χ3n) is 4.00. The van der Waals surface area contributed by atoms with Gasteiger partial charge in [0, 0.05) is 17.2 Å². The number of nitrogens with one attached hydrogen (secondary N) is 1. The number of anilines is 1. The van der Waals surface area contributed by atoms with E-state index < -0.39 is 0 Å². The molecular weight excluding hydrogens is 280 g/mol. The van der Waals surface area contributed by atoms with Crippen LogP contribution in [0.15, 0.2) is 24.3 Å². The zero-order valence-electron chi connectivity index (χ0n) is 12.3. The van der Waals surface area contributed by atoms with E-state index in [1.807, 2.05) is 24.3 Å². The fraction of sp³-hybridized carbons (Fsp3) is 0.412. The smallest absolute Gasteiger partial charge is 0.414 e. The number of nitrogens with zero attached hydrogens (tertiary/aromatic N) is 1. The molecule has 1 saturated carbocycles. The number of benzene rings is 1. The van der Waals surface area contributed by atoms with Crippen molar-refractivity contribution in [3.05, 3.63) is 29.8 Å². The molecule has 1 aromatic carbocycles. The fourth-order valence-corrected chi connectivity index (χ4v) is 2.45. The molecule has 1 aliphatic heterocycles. The lowest BCUT2D eigenvalue weighted by Gasteiger charge is -2.23. The van der Waals surface area contributed by atoms with Gasteiger partial charge in [-0.05, 0) is 37.1 Å². The summed E-state index contributed by atoms with van der Waals surface area (Å²) in [6.07, 6.45) is 2.84. The quantitative estimate of drug-likeness (QED) is 0.867. The van der Waals surface area contributed by atoms with Crippen LogP contribution in [0.25, 0.3) is 0 Å². The van der Waals surface area contributed by atoms with Crippen molar-refractivity contribution in [1.82, 2.24) is 5.32 Å². The van der Waals surface area contributed by atoms with Gasteiger partial charge in [-0.1, -0.05) is 18.3 Å². The third kappa shape index (κ3) is 3.22. The van der Waals surface area contributed by atoms with Gasteiger partial charge in [0.1, 0.15) is 6.61 Å². The summed E-state index contributed by atoms with van der Waals surface area (Å²) in [5.41, 5.74) is 1.67. The van der Waals surface area contributed by atoms with Crippen LogP contribution in [0.4, 0.5) is 10.5 Å². The van der Waals surface area contributed by atoms with Gasteiger partial charge in [0.2, 0.25) is 5.91 Å². The van der Waals surface area contributed by atoms with Gasteiger partial charge in [-0.25, -0.2) is 4.79 Å². The first kappa shape index (κ1) is 14.5. The maximum absolute atomic E-state index is 11.6. The van der Waals surface area contributed by atoms with Crippen molar-refractivity contribution in [3.63, 3.8) is 0 Å². The molecule has 1 N–H and O–H groups in total. The Morgan fingerprint density at radius 2 is 2.09 bits per heavy atom. The molecule has 0 bridgehead atoms. The van der Waals surface area contributed by atoms with Crippen molar-refractivity contribution in [2.45, 2.75) is 19.3 Å². The molecule has 0 aromatic heterocycles. The van der Waals surface area contributed by atoms with Gasteiger partial charge < -0.3 is 10.1 Å². The third-order valence-corrected chi connectivity index (χ3v) is 4.00. The van der Waals surface area contributed by atoms with Crippen molar-refractivity contribution in [3.8, 4) is 11.8 Å². The molecule has 0 radical (unpaired) electrons. The van der Waals surface area contributed by atoms with Gasteiger partial charge in [0.25, 0.3) is 0 Å². The zero-order valence-corrected chi connectivity index (χ0v) is 12.3. The van der Waals surface area contributed by atoms with Crippen LogP contribution >= 0.6 is 0 Å². The molecule has 2 aliphatic rings. The van der Waals surface area contributed by atoms with Crippen molar-refractivity contribution in [2.24, 2.45) is 5.92 Å². The van der Waals surface area contributed by atoms with Crippen molar-refractivity contribution < 1.29 is 14.3 Å². The Kier molecular flexibility index (Phi) is 4.29. The van der Waals surface area contributed by atoms with Crippen LogP contribution < -0.4 is 10.2 Å². The van der Waals surface area contributed by atoms with E-state index in [1.54, 1.807) is 4.90 Å². The van der Waals surface area contributed by atoms with E-state index in [0.717, 1.165) is 30.5 Å². The first-order valence-electron chi connectivity index (χ1n) is 7.55. The van der Waals surface area contributed by atoms with Gasteiger partial charge in [-0.15, -0.1) is 0 Å². The zero-order chi connectivity index (χ0) is 15.4. The van der Waals surface area contributed by atoms with Crippen LogP contribution in [0.5, 0.6) is 0 Å². The number of hydrogen-bond donors (Lipinski definition) is 1. The lowest BCUT2D eigenvalue weighted by Crippen LogP contribution is -2.34. The summed E-state index contributed by atoms with van der Waals surface area (Å²) in [7, 11) is 0. The van der Waals surface area contributed by atoms with E-state index in [0.29, 0.717) is 19.7 Å². The Hall–Kier alpha value is -2.48. The SMILES string of the molecule is O=C(NCC#Cc1ccc(N2CCOC2=O)cc1)C1CCC1. The van der Waals surface area contributed by atoms with Crippen LogP contribution in [0.2, 0.25) is 0 Å². The van der Waals surface area contributed by atoms with Gasteiger partial charge in [0.05, 0.1) is 13.1 Å². The minimum Gasteiger partial charge on any atom is -0.447 e. The van der Waals surface area contributed by atoms with Gasteiger partial charge in [-0.2, -0.15) is 0 Å². The van der Waals surface area contributed by atoms with Crippen molar-refractivity contribution in [1.29, 1.82) is 0 Å². The maximum Gasteiger partial charge on any atom is 0.414 e. The Morgan fingerprint density at radius 1 is 1.32 bits per heavy atom. The number of carbonyl (C=O) groups excluding carboxylic acids is 2. The van der Waals surface area contributed by atoms with Crippen LogP contribution in [-0.2, 0) is 9.53 Å². The lowest BCUT2D eigenvalue weighted by atomic mass is 9.85. The van der Waals surface area contributed by atoms with E-state index in [1.165, 1.54) is 0 Å². The summed E-state index contributed by atoms with van der Waals surface area (Å²) in [6.45, 7) is 1.38. The van der Waals surface area contributed by atoms with E-state index in [2.05, 4.69) is 17.2 Å². The number of amides is 2. The van der Waals surface area contributed by atoms with E-state index >= 15 is 0 Å². The summed E-state index contributed by atoms with van der Waals surface area (Å²) in [5, 5.41) is 2.83. The molecule has 22 heavy (non-hydrogen) atoms. The standard InChI is InChI=1S/C17H18N2O3/c20-16(14-4-1-5-14)18-10-2-3-13-6-8-15(9-7-13)19-11-12-22-17(19)21/h6-9,14H,1,4-5,10-12H2,(H,18,20). The molecule has 2 amide bonds. The van der Waals surface area contributed by atoms with Crippen molar-refractivity contribution in [2.75, 3.05) is 24.6 Å². The van der Waals surface area contributed by atoms with Gasteiger partial charge in [0.15, 0.2) is 0 Å². The average Bonchev–Trinajstić information content (AvgIpc) is 2.89. The topological polar surface area (TPSA) is 58.6 Å². The van der Waals surface area contributed by atoms with E-state index in [9.17, 15) is 9.59 Å². The summed E-state index contributed by atoms with van der Waals surface area (Å²) < 4.78 is 4.90. The Morgan fingerprint density at radius 3 is 2.68 bits per heavy atom. The summed E-state index contributed by atoms with van der Waals surface area (Å²) in [5.74, 6) is 6.26. The predicted octanol–water partition coefficient (Wildman–Crippen LogP) is 1.91. The maximum atomic E-state index is 11.6. The van der Waals surface area contributed by atoms with Gasteiger partial charge >= 0.3 is 6.09 Å². The molecule has 5 nitrogen and oxygen atoms in total. The first-order valence-corrected chi connectivity index (χ1v) is 7.55. The normalized spacial score (nSPS) is 17.3. The second-order valence-electron chi connectivity index (χ2n) is 5.46. The predicted molar refractivity (Wildman–Crippen MR) is 82.4 cm³/mol. The molecule has 0 atom stereocenters. The molecule has 2 fully saturated rings. The number of carbonyl (C=O) groups is 2. The monoisotopic (exact) mass is 298 g/mol. The molecule has 1 aliphatic carbocycles. The Balaban J connectivity index is 1.51. The van der Waals surface area contributed by atoms with Crippen LogP contribution in [0.3, 0.4) is 0 Å². The molecule has 1 heterocycles. The number of hydrogen-bond acceptors (Lipinski definition) is 3. The molecule has 0 spiro atoms. The Bertz CT molecular complexity index is 624. The summed E-state index contributed by atoms with van der Waals surface area (Å²) in [4.78, 5) is 24.7. The second kappa shape index (κ2) is 6.52. The highest BCUT2D eigenvalue weighted by Gasteiger charge is 2.24. The molecule has 0 unspecified atom stereocenters. The minimum absolute atomic E-state index is 0.114. The fourth-order valence-electron chi connectivity index (χ4n) is 2.45. The number of rotatable bonds is 3. The second-order valence-corrected chi connectivity index (χ2v) is 5.46. The molecule has 3 rings (SSSR count). The molecule has 114 valence electrons. The molecule has 5 heteroatoms. The summed E-state index contributed by atoms with van der Waals surface area (Å²) in [6, 6.07) is 7.43. The van der Waals surface area contributed by atoms with Crippen LogP contribution in [0, 0.1) is 17.8 Å². The number of cyclic esters (lactones) is 1. The summed E-state index contributed by atoms with van der Waals surface area (Å²) >= 11 is 0. The molecule has 1 aromatic rings. The van der Waals surface area contributed by atoms with E-state index in [-0.39, 0.29) is 17.9 Å². The molecule has 1 saturated heterocycles. The highest BCUT2D eigenvalue weighted by atomic mass is 16.6. The average molecular weight is 298 g/mol. The minimum atomic E-state index is -0.308. The van der Waals surface area contributed by atoms with Crippen molar-refractivity contribution >= 4 is 17.7 Å². The first-order chi connectivity index (χ1) is 10.7. The van der Waals surface area contributed by atoms with Crippen LogP contribution in [-0.4, -0.2) is 31.7 Å². The van der Waals surface area contributed by atoms with E-state index in [4.69, 9.17) is 4.74 Å². The largest absolute Gasteiger partial charge is 0.447 e. The highest BCUT2D eigenvalue weighted by Crippen LogP contribution is 2.26. The molecular formula is C17H18N2O3. The van der Waals surface area contributed by atoms with Crippen LogP contribution in [0.1, 0.15) is 24.8 Å². The van der Waals surface area contributed by atoms with Gasteiger partial charge in [-0.3, -0.25) is 9.69 Å². The highest BCUT2D eigenvalue weighted by molar-refractivity contribution is 5.89. The number of ether oxygens (including phenoxy) is 1. The lowest BCUT2D eigenvalue weighted by molar-refractivity contribution is -0.127. The Labute approximate surface area is 129 Å².